The fourth-order valence-electron chi connectivity index (χ4n) is 1.91. The summed E-state index contributed by atoms with van der Waals surface area (Å²) in [5.41, 5.74) is 2.11. The van der Waals surface area contributed by atoms with Crippen LogP contribution in [0.4, 0.5) is 10.5 Å². The number of rotatable bonds is 6. The maximum absolute atomic E-state index is 12.1. The van der Waals surface area contributed by atoms with Crippen LogP contribution in [0, 0.1) is 0 Å². The van der Waals surface area contributed by atoms with Gasteiger partial charge in [0.25, 0.3) is 5.91 Å². The molecule has 0 bridgehead atoms. The molecular weight excluding hydrogens is 292 g/mol. The normalized spacial score (nSPS) is 9.96. The smallest absolute Gasteiger partial charge is 0.319 e. The van der Waals surface area contributed by atoms with Crippen molar-refractivity contribution >= 4 is 17.6 Å². The highest BCUT2D eigenvalue weighted by Gasteiger charge is 2.06. The number of carbonyl (C=O) groups is 2. The standard InChI is InChI=1S/C17H20N4O2/c1-2-9-19-17(23)21-15-7-5-14(6-8-15)16(22)20-12-13-4-3-10-18-11-13/h3-8,10-11H,2,9,12H2,1H3,(H,20,22)(H2,19,21,23). The minimum absolute atomic E-state index is 0.171. The van der Waals surface area contributed by atoms with E-state index in [1.54, 1.807) is 36.7 Å². The van der Waals surface area contributed by atoms with Gasteiger partial charge in [0, 0.05) is 36.7 Å². The summed E-state index contributed by atoms with van der Waals surface area (Å²) in [6.07, 6.45) is 4.28. The minimum Gasteiger partial charge on any atom is -0.348 e. The van der Waals surface area contributed by atoms with Gasteiger partial charge in [0.05, 0.1) is 0 Å². The Labute approximate surface area is 135 Å². The number of urea groups is 1. The van der Waals surface area contributed by atoms with Gasteiger partial charge in [-0.05, 0) is 42.3 Å². The van der Waals surface area contributed by atoms with Crippen LogP contribution in [0.15, 0.2) is 48.8 Å². The highest BCUT2D eigenvalue weighted by Crippen LogP contribution is 2.09. The van der Waals surface area contributed by atoms with Crippen LogP contribution < -0.4 is 16.0 Å². The van der Waals surface area contributed by atoms with Crippen molar-refractivity contribution in [1.29, 1.82) is 0 Å². The van der Waals surface area contributed by atoms with Crippen molar-refractivity contribution in [3.8, 4) is 0 Å². The van der Waals surface area contributed by atoms with Crippen LogP contribution in [0.5, 0.6) is 0 Å². The monoisotopic (exact) mass is 312 g/mol. The maximum Gasteiger partial charge on any atom is 0.319 e. The van der Waals surface area contributed by atoms with Crippen LogP contribution in [-0.4, -0.2) is 23.5 Å². The number of benzene rings is 1. The summed E-state index contributed by atoms with van der Waals surface area (Å²) in [5.74, 6) is -0.171. The van der Waals surface area contributed by atoms with Crippen molar-refractivity contribution in [1.82, 2.24) is 15.6 Å². The molecule has 0 unspecified atom stereocenters. The molecule has 0 spiro atoms. The van der Waals surface area contributed by atoms with Crippen molar-refractivity contribution in [2.45, 2.75) is 19.9 Å². The van der Waals surface area contributed by atoms with E-state index in [0.29, 0.717) is 24.3 Å². The van der Waals surface area contributed by atoms with Gasteiger partial charge in [0.15, 0.2) is 0 Å². The molecule has 3 N–H and O–H groups in total. The quantitative estimate of drug-likeness (QED) is 0.766. The molecule has 6 nitrogen and oxygen atoms in total. The van der Waals surface area contributed by atoms with Gasteiger partial charge in [-0.3, -0.25) is 9.78 Å². The number of nitrogens with one attached hydrogen (secondary N) is 3. The number of nitrogens with zero attached hydrogens (tertiary/aromatic N) is 1. The van der Waals surface area contributed by atoms with Crippen molar-refractivity contribution in [3.63, 3.8) is 0 Å². The third-order valence-corrected chi connectivity index (χ3v) is 3.12. The Hall–Kier alpha value is -2.89. The molecule has 1 aromatic heterocycles. The Morgan fingerprint density at radius 1 is 1.09 bits per heavy atom. The number of anilines is 1. The lowest BCUT2D eigenvalue weighted by Crippen LogP contribution is -2.29. The summed E-state index contributed by atoms with van der Waals surface area (Å²) in [4.78, 5) is 27.6. The van der Waals surface area contributed by atoms with Gasteiger partial charge in [0.1, 0.15) is 0 Å². The third kappa shape index (κ3) is 5.43. The van der Waals surface area contributed by atoms with Crippen LogP contribution in [0.1, 0.15) is 29.3 Å². The first-order chi connectivity index (χ1) is 11.2. The SMILES string of the molecule is CCCNC(=O)Nc1ccc(C(=O)NCc2cccnc2)cc1. The average Bonchev–Trinajstić information content (AvgIpc) is 2.59. The largest absolute Gasteiger partial charge is 0.348 e. The van der Waals surface area contributed by atoms with E-state index in [1.165, 1.54) is 0 Å². The second-order valence-electron chi connectivity index (χ2n) is 5.00. The molecular formula is C17H20N4O2. The zero-order chi connectivity index (χ0) is 16.5. The van der Waals surface area contributed by atoms with Crippen LogP contribution in [-0.2, 0) is 6.54 Å². The molecule has 120 valence electrons. The molecule has 1 heterocycles. The molecule has 3 amide bonds. The lowest BCUT2D eigenvalue weighted by Gasteiger charge is -2.08. The van der Waals surface area contributed by atoms with E-state index >= 15 is 0 Å². The van der Waals surface area contributed by atoms with Crippen LogP contribution >= 0.6 is 0 Å². The van der Waals surface area contributed by atoms with E-state index in [2.05, 4.69) is 20.9 Å². The molecule has 0 aliphatic heterocycles. The summed E-state index contributed by atoms with van der Waals surface area (Å²) in [7, 11) is 0. The number of aromatic nitrogens is 1. The van der Waals surface area contributed by atoms with Gasteiger partial charge in [-0.2, -0.15) is 0 Å². The molecule has 6 heteroatoms. The summed E-state index contributed by atoms with van der Waals surface area (Å²) < 4.78 is 0. The van der Waals surface area contributed by atoms with Gasteiger partial charge in [-0.1, -0.05) is 13.0 Å². The van der Waals surface area contributed by atoms with Crippen molar-refractivity contribution in [3.05, 3.63) is 59.9 Å². The lowest BCUT2D eigenvalue weighted by atomic mass is 10.2. The molecule has 0 aliphatic carbocycles. The Bertz CT molecular complexity index is 641. The minimum atomic E-state index is -0.249. The van der Waals surface area contributed by atoms with Crippen molar-refractivity contribution in [2.75, 3.05) is 11.9 Å². The number of hydrogen-bond donors (Lipinski definition) is 3. The van der Waals surface area contributed by atoms with Gasteiger partial charge < -0.3 is 16.0 Å². The summed E-state index contributed by atoms with van der Waals surface area (Å²) >= 11 is 0. The second-order valence-corrected chi connectivity index (χ2v) is 5.00. The molecule has 2 aromatic rings. The third-order valence-electron chi connectivity index (χ3n) is 3.12. The maximum atomic E-state index is 12.1. The predicted molar refractivity (Wildman–Crippen MR) is 89.2 cm³/mol. The fourth-order valence-corrected chi connectivity index (χ4v) is 1.91. The fraction of sp³-hybridized carbons (Fsp3) is 0.235. The second kappa shape index (κ2) is 8.53. The molecule has 0 aliphatic rings. The highest BCUT2D eigenvalue weighted by molar-refractivity contribution is 5.95. The predicted octanol–water partition coefficient (Wildman–Crippen LogP) is 2.54. The Morgan fingerprint density at radius 2 is 1.87 bits per heavy atom. The molecule has 2 rings (SSSR count). The molecule has 0 radical (unpaired) electrons. The van der Waals surface area contributed by atoms with Crippen molar-refractivity contribution in [2.24, 2.45) is 0 Å². The van der Waals surface area contributed by atoms with E-state index in [0.717, 1.165) is 12.0 Å². The summed E-state index contributed by atoms with van der Waals surface area (Å²) in [6.45, 7) is 3.03. The van der Waals surface area contributed by atoms with Crippen LogP contribution in [0.2, 0.25) is 0 Å². The number of hydrogen-bond acceptors (Lipinski definition) is 3. The topological polar surface area (TPSA) is 83.1 Å². The van der Waals surface area contributed by atoms with E-state index in [1.807, 2.05) is 19.1 Å². The number of pyridine rings is 1. The summed E-state index contributed by atoms with van der Waals surface area (Å²) in [5, 5.41) is 8.26. The van der Waals surface area contributed by atoms with E-state index < -0.39 is 0 Å². The molecule has 0 saturated carbocycles. The first-order valence-electron chi connectivity index (χ1n) is 7.51. The zero-order valence-corrected chi connectivity index (χ0v) is 13.0. The molecule has 0 atom stereocenters. The number of amides is 3. The average molecular weight is 312 g/mol. The first kappa shape index (κ1) is 16.5. The Kier molecular flexibility index (Phi) is 6.11. The van der Waals surface area contributed by atoms with Gasteiger partial charge in [0.2, 0.25) is 0 Å². The molecule has 0 fully saturated rings. The highest BCUT2D eigenvalue weighted by atomic mass is 16.2. The van der Waals surface area contributed by atoms with E-state index in [-0.39, 0.29) is 11.9 Å². The van der Waals surface area contributed by atoms with Crippen molar-refractivity contribution < 1.29 is 9.59 Å². The van der Waals surface area contributed by atoms with Gasteiger partial charge in [-0.15, -0.1) is 0 Å². The van der Waals surface area contributed by atoms with Crippen LogP contribution in [0.3, 0.4) is 0 Å². The Morgan fingerprint density at radius 3 is 2.52 bits per heavy atom. The zero-order valence-electron chi connectivity index (χ0n) is 13.0. The first-order valence-corrected chi connectivity index (χ1v) is 7.51. The van der Waals surface area contributed by atoms with Gasteiger partial charge in [-0.25, -0.2) is 4.79 Å². The molecule has 23 heavy (non-hydrogen) atoms. The van der Waals surface area contributed by atoms with E-state index in [9.17, 15) is 9.59 Å². The lowest BCUT2D eigenvalue weighted by molar-refractivity contribution is 0.0951. The van der Waals surface area contributed by atoms with Crippen LogP contribution in [0.25, 0.3) is 0 Å². The van der Waals surface area contributed by atoms with Gasteiger partial charge >= 0.3 is 6.03 Å². The molecule has 0 saturated heterocycles. The summed E-state index contributed by atoms with van der Waals surface area (Å²) in [6, 6.07) is 10.2. The Balaban J connectivity index is 1.86. The van der Waals surface area contributed by atoms with E-state index in [4.69, 9.17) is 0 Å². The number of carbonyl (C=O) groups excluding carboxylic acids is 2. The molecule has 1 aromatic carbocycles.